The summed E-state index contributed by atoms with van der Waals surface area (Å²) in [5.41, 5.74) is 2.65. The first-order valence-corrected chi connectivity index (χ1v) is 12.0. The van der Waals surface area contributed by atoms with Crippen LogP contribution in [0.25, 0.3) is 0 Å². The fraction of sp³-hybridized carbons (Fsp3) is 0.333. The van der Waals surface area contributed by atoms with Gasteiger partial charge in [0.25, 0.3) is 0 Å². The lowest BCUT2D eigenvalue weighted by Gasteiger charge is -2.32. The van der Waals surface area contributed by atoms with Crippen LogP contribution < -0.4 is 20.3 Å². The van der Waals surface area contributed by atoms with Crippen LogP contribution in [0.2, 0.25) is 0 Å². The zero-order chi connectivity index (χ0) is 25.3. The number of hydrogen-bond donors (Lipinski definition) is 2. The van der Waals surface area contributed by atoms with Crippen molar-refractivity contribution in [2.24, 2.45) is 5.92 Å². The molecule has 2 heterocycles. The van der Waals surface area contributed by atoms with E-state index in [2.05, 4.69) is 15.6 Å². The Morgan fingerprint density at radius 2 is 1.89 bits per heavy atom. The number of alkyl halides is 3. The molecule has 1 aliphatic carbocycles. The topological polar surface area (TPSA) is 66.5 Å². The molecule has 0 unspecified atom stereocenters. The van der Waals surface area contributed by atoms with Crippen LogP contribution in [0, 0.1) is 5.92 Å². The molecule has 0 spiro atoms. The van der Waals surface area contributed by atoms with E-state index >= 15 is 0 Å². The smallest absolute Gasteiger partial charge is 0.416 e. The number of amides is 1. The number of carbonyl (C=O) groups is 1. The quantitative estimate of drug-likeness (QED) is 0.451. The maximum atomic E-state index is 13.5. The number of halogens is 3. The molecule has 0 saturated heterocycles. The maximum Gasteiger partial charge on any atom is 0.416 e. The van der Waals surface area contributed by atoms with Gasteiger partial charge in [-0.25, -0.2) is 4.98 Å². The molecule has 2 N–H and O–H groups in total. The molecule has 1 amide bonds. The fourth-order valence-corrected chi connectivity index (χ4v) is 4.40. The number of benzene rings is 2. The lowest BCUT2D eigenvalue weighted by molar-refractivity contribution is -0.137. The normalized spacial score (nSPS) is 15.4. The SMILES string of the molecule is CNCc1cc(N2CCc3ccc(Oc4ccnc(NC(=O)C5CC5)c4)cc3C2)cc(C(F)(F)F)c1. The van der Waals surface area contributed by atoms with Gasteiger partial charge in [-0.2, -0.15) is 13.2 Å². The molecule has 5 rings (SSSR count). The third-order valence-electron chi connectivity index (χ3n) is 6.41. The standard InChI is InChI=1S/C27H27F3N4O2/c1-31-15-17-10-21(27(28,29)30)13-22(11-17)34-9-7-18-4-5-23(12-20(18)16-34)36-24-6-8-32-25(14-24)33-26(35)19-2-3-19/h4-6,8,10-14,19,31H,2-3,7,9,15-16H2,1H3,(H,32,33,35). The summed E-state index contributed by atoms with van der Waals surface area (Å²) in [5, 5.41) is 5.74. The van der Waals surface area contributed by atoms with Crippen molar-refractivity contribution in [2.45, 2.75) is 38.5 Å². The number of fused-ring (bicyclic) bond motifs is 1. The molecular weight excluding hydrogens is 469 g/mol. The summed E-state index contributed by atoms with van der Waals surface area (Å²) in [6, 6.07) is 13.4. The van der Waals surface area contributed by atoms with Gasteiger partial charge >= 0.3 is 6.18 Å². The number of aromatic nitrogens is 1. The molecule has 6 nitrogen and oxygen atoms in total. The van der Waals surface area contributed by atoms with Crippen LogP contribution in [0.5, 0.6) is 11.5 Å². The van der Waals surface area contributed by atoms with Crippen molar-refractivity contribution in [3.63, 3.8) is 0 Å². The molecule has 1 saturated carbocycles. The molecule has 36 heavy (non-hydrogen) atoms. The summed E-state index contributed by atoms with van der Waals surface area (Å²) in [6.45, 7) is 1.46. The van der Waals surface area contributed by atoms with Gasteiger partial charge in [-0.1, -0.05) is 6.07 Å². The van der Waals surface area contributed by atoms with E-state index in [0.29, 0.717) is 48.2 Å². The first-order valence-electron chi connectivity index (χ1n) is 12.0. The number of ether oxygens (including phenoxy) is 1. The Morgan fingerprint density at radius 3 is 2.64 bits per heavy atom. The van der Waals surface area contributed by atoms with Gasteiger partial charge in [-0.05, 0) is 79.4 Å². The third-order valence-corrected chi connectivity index (χ3v) is 6.41. The highest BCUT2D eigenvalue weighted by Crippen LogP contribution is 2.36. The summed E-state index contributed by atoms with van der Waals surface area (Å²) in [5.74, 6) is 1.64. The Hall–Kier alpha value is -3.59. The largest absolute Gasteiger partial charge is 0.457 e. The highest BCUT2D eigenvalue weighted by Gasteiger charge is 2.32. The fourth-order valence-electron chi connectivity index (χ4n) is 4.40. The molecule has 3 aromatic rings. The number of rotatable bonds is 7. The monoisotopic (exact) mass is 496 g/mol. The second-order valence-corrected chi connectivity index (χ2v) is 9.26. The minimum atomic E-state index is -4.41. The van der Waals surface area contributed by atoms with E-state index in [1.54, 1.807) is 25.4 Å². The number of nitrogens with zero attached hydrogens (tertiary/aromatic N) is 2. The van der Waals surface area contributed by atoms with Crippen molar-refractivity contribution in [2.75, 3.05) is 23.8 Å². The highest BCUT2D eigenvalue weighted by molar-refractivity contribution is 5.93. The first kappa shape index (κ1) is 24.1. The van der Waals surface area contributed by atoms with Gasteiger partial charge in [0.15, 0.2) is 0 Å². The second-order valence-electron chi connectivity index (χ2n) is 9.26. The molecule has 2 aliphatic rings. The van der Waals surface area contributed by atoms with E-state index in [1.165, 1.54) is 12.1 Å². The molecule has 1 fully saturated rings. The van der Waals surface area contributed by atoms with E-state index in [4.69, 9.17) is 4.74 Å². The predicted octanol–water partition coefficient (Wildman–Crippen LogP) is 5.52. The average molecular weight is 497 g/mol. The first-order chi connectivity index (χ1) is 17.3. The number of anilines is 2. The van der Waals surface area contributed by atoms with Crippen molar-refractivity contribution >= 4 is 17.4 Å². The zero-order valence-electron chi connectivity index (χ0n) is 19.9. The van der Waals surface area contributed by atoms with Gasteiger partial charge < -0.3 is 20.3 Å². The Bertz CT molecular complexity index is 1270. The minimum absolute atomic E-state index is 0.0269. The Labute approximate surface area is 207 Å². The van der Waals surface area contributed by atoms with Gasteiger partial charge in [0.2, 0.25) is 5.91 Å². The Morgan fingerprint density at radius 1 is 1.08 bits per heavy atom. The van der Waals surface area contributed by atoms with E-state index in [0.717, 1.165) is 30.4 Å². The van der Waals surface area contributed by atoms with Crippen molar-refractivity contribution in [3.05, 3.63) is 77.0 Å². The summed E-state index contributed by atoms with van der Waals surface area (Å²) < 4.78 is 46.6. The van der Waals surface area contributed by atoms with Crippen molar-refractivity contribution in [3.8, 4) is 11.5 Å². The summed E-state index contributed by atoms with van der Waals surface area (Å²) in [7, 11) is 1.71. The Balaban J connectivity index is 1.34. The van der Waals surface area contributed by atoms with Crippen molar-refractivity contribution < 1.29 is 22.7 Å². The lowest BCUT2D eigenvalue weighted by atomic mass is 9.98. The van der Waals surface area contributed by atoms with Gasteiger partial charge in [0.05, 0.1) is 5.56 Å². The molecule has 188 valence electrons. The highest BCUT2D eigenvalue weighted by atomic mass is 19.4. The summed E-state index contributed by atoms with van der Waals surface area (Å²) in [6.07, 6.45) is -0.292. The molecular formula is C27H27F3N4O2. The number of carbonyl (C=O) groups excluding carboxylic acids is 1. The van der Waals surface area contributed by atoms with E-state index in [1.807, 2.05) is 29.2 Å². The summed E-state index contributed by atoms with van der Waals surface area (Å²) in [4.78, 5) is 18.2. The van der Waals surface area contributed by atoms with Crippen molar-refractivity contribution in [1.29, 1.82) is 0 Å². The van der Waals surface area contributed by atoms with E-state index in [-0.39, 0.29) is 11.8 Å². The van der Waals surface area contributed by atoms with Crippen LogP contribution in [-0.2, 0) is 30.5 Å². The van der Waals surface area contributed by atoms with Crippen molar-refractivity contribution in [1.82, 2.24) is 10.3 Å². The van der Waals surface area contributed by atoms with Crippen LogP contribution in [0.4, 0.5) is 24.7 Å². The van der Waals surface area contributed by atoms with Gasteiger partial charge in [-0.15, -0.1) is 0 Å². The van der Waals surface area contributed by atoms with Crippen LogP contribution >= 0.6 is 0 Å². The molecule has 1 aliphatic heterocycles. The number of nitrogens with one attached hydrogen (secondary N) is 2. The molecule has 2 aromatic carbocycles. The second kappa shape index (κ2) is 9.81. The van der Waals surface area contributed by atoms with Crippen LogP contribution in [0.15, 0.2) is 54.7 Å². The van der Waals surface area contributed by atoms with Crippen LogP contribution in [0.3, 0.4) is 0 Å². The summed E-state index contributed by atoms with van der Waals surface area (Å²) >= 11 is 0. The molecule has 0 radical (unpaired) electrons. The zero-order valence-corrected chi connectivity index (χ0v) is 19.9. The Kier molecular flexibility index (Phi) is 6.57. The molecule has 9 heteroatoms. The van der Waals surface area contributed by atoms with Gasteiger partial charge in [0, 0.05) is 43.5 Å². The molecule has 1 aromatic heterocycles. The number of pyridine rings is 1. The van der Waals surface area contributed by atoms with E-state index in [9.17, 15) is 18.0 Å². The van der Waals surface area contributed by atoms with Crippen LogP contribution in [0.1, 0.15) is 35.1 Å². The maximum absolute atomic E-state index is 13.5. The molecule has 0 bridgehead atoms. The van der Waals surface area contributed by atoms with Gasteiger partial charge in [0.1, 0.15) is 17.3 Å². The number of hydrogen-bond acceptors (Lipinski definition) is 5. The molecule has 0 atom stereocenters. The van der Waals surface area contributed by atoms with Gasteiger partial charge in [-0.3, -0.25) is 4.79 Å². The third kappa shape index (κ3) is 5.62. The predicted molar refractivity (Wildman–Crippen MR) is 131 cm³/mol. The lowest BCUT2D eigenvalue weighted by Crippen LogP contribution is -2.30. The minimum Gasteiger partial charge on any atom is -0.457 e. The average Bonchev–Trinajstić information content (AvgIpc) is 3.69. The van der Waals surface area contributed by atoms with E-state index < -0.39 is 11.7 Å². The van der Waals surface area contributed by atoms with Crippen LogP contribution in [-0.4, -0.2) is 24.5 Å².